The molecule has 3 N–H and O–H groups in total. The number of pyridine rings is 1. The van der Waals surface area contributed by atoms with E-state index in [1.165, 1.54) is 6.92 Å². The van der Waals surface area contributed by atoms with Crippen LogP contribution in [0.5, 0.6) is 11.5 Å². The van der Waals surface area contributed by atoms with Crippen LogP contribution in [0.2, 0.25) is 0 Å². The quantitative estimate of drug-likeness (QED) is 0.385. The number of Topliss-reactive ketones (excluding diaryl/α,β-unsaturated/α-hetero) is 1. The molecule has 3 aromatic rings. The maximum absolute atomic E-state index is 12.1. The highest BCUT2D eigenvalue weighted by molar-refractivity contribution is 5.96. The normalized spacial score (nSPS) is 11.6. The number of nitrogens with zero attached hydrogens (tertiary/aromatic N) is 2. The zero-order chi connectivity index (χ0) is 22.5. The number of carbonyl (C=O) groups is 2. The van der Waals surface area contributed by atoms with E-state index in [1.54, 1.807) is 36.4 Å². The Hall–Kier alpha value is -4.32. The average molecular weight is 431 g/mol. The third kappa shape index (κ3) is 4.70. The summed E-state index contributed by atoms with van der Waals surface area (Å²) in [6, 6.07) is 13.9. The summed E-state index contributed by atoms with van der Waals surface area (Å²) in [5.41, 5.74) is 2.20. The van der Waals surface area contributed by atoms with Gasteiger partial charge in [0.2, 0.25) is 6.79 Å². The van der Waals surface area contributed by atoms with Crippen LogP contribution in [0.15, 0.2) is 42.5 Å². The van der Waals surface area contributed by atoms with Gasteiger partial charge in [0.1, 0.15) is 11.9 Å². The Morgan fingerprint density at radius 1 is 1.12 bits per heavy atom. The lowest BCUT2D eigenvalue weighted by Crippen LogP contribution is -2.30. The molecule has 0 saturated heterocycles. The van der Waals surface area contributed by atoms with Crippen LogP contribution in [-0.2, 0) is 0 Å². The zero-order valence-corrected chi connectivity index (χ0v) is 17.4. The number of aromatic nitrogens is 1. The van der Waals surface area contributed by atoms with E-state index in [4.69, 9.17) is 9.47 Å². The Morgan fingerprint density at radius 2 is 1.94 bits per heavy atom. The highest BCUT2D eigenvalue weighted by Crippen LogP contribution is 2.36. The fraction of sp³-hybridized carbons (Fsp3) is 0.217. The molecule has 0 fully saturated rings. The average Bonchev–Trinajstić information content (AvgIpc) is 3.24. The minimum Gasteiger partial charge on any atom is -0.454 e. The molecule has 1 aromatic heterocycles. The molecule has 2 amide bonds. The van der Waals surface area contributed by atoms with Crippen molar-refractivity contribution in [2.45, 2.75) is 13.3 Å². The van der Waals surface area contributed by atoms with Gasteiger partial charge in [0.25, 0.3) is 0 Å². The number of nitrogens with one attached hydrogen (secondary N) is 3. The van der Waals surface area contributed by atoms with Crippen LogP contribution >= 0.6 is 0 Å². The maximum atomic E-state index is 12.1. The van der Waals surface area contributed by atoms with Gasteiger partial charge in [-0.1, -0.05) is 12.1 Å². The van der Waals surface area contributed by atoms with Gasteiger partial charge in [0.05, 0.1) is 11.1 Å². The van der Waals surface area contributed by atoms with Crippen molar-refractivity contribution in [1.29, 1.82) is 5.26 Å². The molecule has 0 aliphatic carbocycles. The van der Waals surface area contributed by atoms with E-state index >= 15 is 0 Å². The number of carbonyl (C=O) groups excluding carboxylic acids is 2. The Balaban J connectivity index is 1.29. The van der Waals surface area contributed by atoms with E-state index in [2.05, 4.69) is 27.0 Å². The van der Waals surface area contributed by atoms with Gasteiger partial charge in [-0.05, 0) is 37.6 Å². The third-order valence-electron chi connectivity index (χ3n) is 4.89. The molecular weight excluding hydrogens is 410 g/mol. The van der Waals surface area contributed by atoms with Crippen molar-refractivity contribution in [3.63, 3.8) is 0 Å². The Kier molecular flexibility index (Phi) is 6.03. The number of ether oxygens (including phenoxy) is 2. The van der Waals surface area contributed by atoms with Crippen molar-refractivity contribution in [2.75, 3.05) is 30.5 Å². The summed E-state index contributed by atoms with van der Waals surface area (Å²) in [7, 11) is 0. The molecule has 1 aliphatic rings. The van der Waals surface area contributed by atoms with Crippen molar-refractivity contribution in [2.24, 2.45) is 0 Å². The van der Waals surface area contributed by atoms with E-state index in [1.807, 2.05) is 6.07 Å². The van der Waals surface area contributed by atoms with E-state index in [-0.39, 0.29) is 18.6 Å². The lowest BCUT2D eigenvalue weighted by Gasteiger charge is -2.11. The lowest BCUT2D eigenvalue weighted by molar-refractivity contribution is 0.101. The molecule has 9 nitrogen and oxygen atoms in total. The summed E-state index contributed by atoms with van der Waals surface area (Å²) in [6.45, 7) is 2.57. The molecule has 32 heavy (non-hydrogen) atoms. The predicted molar refractivity (Wildman–Crippen MR) is 119 cm³/mol. The number of fused-ring (bicyclic) bond motifs is 2. The second-order valence-electron chi connectivity index (χ2n) is 7.19. The van der Waals surface area contributed by atoms with E-state index in [0.29, 0.717) is 59.2 Å². The molecule has 0 unspecified atom stereocenters. The summed E-state index contributed by atoms with van der Waals surface area (Å²) < 4.78 is 10.8. The molecule has 162 valence electrons. The van der Waals surface area contributed by atoms with Gasteiger partial charge in [-0.15, -0.1) is 0 Å². The second-order valence-corrected chi connectivity index (χ2v) is 7.19. The standard InChI is InChI=1S/C23H21N5O4/c1-14(29)15-4-2-5-18(9-15)27-23(30)26-7-3-6-25-22-17(12-24)8-16-10-20-21(32-13-31-20)11-19(16)28-22/h2,4-5,8-11H,3,6-7,13H2,1H3,(H,25,28)(H2,26,27,30). The Bertz CT molecular complexity index is 1240. The van der Waals surface area contributed by atoms with Crippen LogP contribution in [0, 0.1) is 11.3 Å². The molecule has 9 heteroatoms. The first-order chi connectivity index (χ1) is 15.5. The summed E-state index contributed by atoms with van der Waals surface area (Å²) >= 11 is 0. The van der Waals surface area contributed by atoms with Gasteiger partial charge in [0, 0.05) is 35.8 Å². The molecule has 1 aliphatic heterocycles. The summed E-state index contributed by atoms with van der Waals surface area (Å²) in [4.78, 5) is 28.0. The molecule has 0 atom stereocenters. The topological polar surface area (TPSA) is 125 Å². The second kappa shape index (κ2) is 9.22. The van der Waals surface area contributed by atoms with E-state index < -0.39 is 0 Å². The van der Waals surface area contributed by atoms with Gasteiger partial charge in [-0.2, -0.15) is 5.26 Å². The van der Waals surface area contributed by atoms with Crippen LogP contribution in [0.3, 0.4) is 0 Å². The fourth-order valence-corrected chi connectivity index (χ4v) is 3.27. The SMILES string of the molecule is CC(=O)c1cccc(NC(=O)NCCCNc2nc3cc4c(cc3cc2C#N)OCO4)c1. The van der Waals surface area contributed by atoms with Crippen molar-refractivity contribution in [3.05, 3.63) is 53.6 Å². The first-order valence-electron chi connectivity index (χ1n) is 10.1. The van der Waals surface area contributed by atoms with E-state index in [0.717, 1.165) is 5.39 Å². The Labute approximate surface area is 184 Å². The number of benzene rings is 2. The molecule has 2 heterocycles. The molecule has 0 bridgehead atoms. The molecule has 4 rings (SSSR count). The van der Waals surface area contributed by atoms with Crippen LogP contribution in [0.25, 0.3) is 10.9 Å². The highest BCUT2D eigenvalue weighted by atomic mass is 16.7. The van der Waals surface area contributed by atoms with Crippen molar-refractivity contribution in [1.82, 2.24) is 10.3 Å². The highest BCUT2D eigenvalue weighted by Gasteiger charge is 2.16. The minimum atomic E-state index is -0.358. The largest absolute Gasteiger partial charge is 0.454 e. The number of nitriles is 1. The summed E-state index contributed by atoms with van der Waals surface area (Å²) in [5.74, 6) is 1.68. The minimum absolute atomic E-state index is 0.0654. The molecule has 0 spiro atoms. The number of anilines is 2. The number of ketones is 1. The van der Waals surface area contributed by atoms with Gasteiger partial charge in [-0.3, -0.25) is 4.79 Å². The van der Waals surface area contributed by atoms with Crippen molar-refractivity contribution >= 4 is 34.2 Å². The summed E-state index contributed by atoms with van der Waals surface area (Å²) in [6.07, 6.45) is 0.618. The van der Waals surface area contributed by atoms with Gasteiger partial charge in [-0.25, -0.2) is 9.78 Å². The van der Waals surface area contributed by atoms with Gasteiger partial charge >= 0.3 is 6.03 Å². The van der Waals surface area contributed by atoms with Crippen LogP contribution in [0.1, 0.15) is 29.3 Å². The monoisotopic (exact) mass is 431 g/mol. The Morgan fingerprint density at radius 3 is 2.72 bits per heavy atom. The molecule has 0 radical (unpaired) electrons. The number of amides is 2. The van der Waals surface area contributed by atoms with Crippen LogP contribution in [-0.4, -0.2) is 36.7 Å². The molecule has 0 saturated carbocycles. The lowest BCUT2D eigenvalue weighted by atomic mass is 10.1. The zero-order valence-electron chi connectivity index (χ0n) is 17.4. The fourth-order valence-electron chi connectivity index (χ4n) is 3.27. The van der Waals surface area contributed by atoms with Crippen molar-refractivity contribution < 1.29 is 19.1 Å². The van der Waals surface area contributed by atoms with E-state index in [9.17, 15) is 14.9 Å². The number of urea groups is 1. The third-order valence-corrected chi connectivity index (χ3v) is 4.89. The number of hydrogen-bond acceptors (Lipinski definition) is 7. The number of rotatable bonds is 7. The molecular formula is C23H21N5O4. The van der Waals surface area contributed by atoms with Gasteiger partial charge in [0.15, 0.2) is 17.3 Å². The van der Waals surface area contributed by atoms with Crippen LogP contribution < -0.4 is 25.4 Å². The maximum Gasteiger partial charge on any atom is 0.319 e. The van der Waals surface area contributed by atoms with Crippen LogP contribution in [0.4, 0.5) is 16.3 Å². The molecule has 2 aromatic carbocycles. The first kappa shape index (κ1) is 20.9. The van der Waals surface area contributed by atoms with Crippen molar-refractivity contribution in [3.8, 4) is 17.6 Å². The smallest absolute Gasteiger partial charge is 0.319 e. The number of hydrogen-bond donors (Lipinski definition) is 3. The summed E-state index contributed by atoms with van der Waals surface area (Å²) in [5, 5.41) is 18.9. The van der Waals surface area contributed by atoms with Gasteiger partial charge < -0.3 is 25.4 Å². The predicted octanol–water partition coefficient (Wildman–Crippen LogP) is 3.66. The first-order valence-corrected chi connectivity index (χ1v) is 10.1.